The van der Waals surface area contributed by atoms with E-state index in [2.05, 4.69) is 10.5 Å². The van der Waals surface area contributed by atoms with Gasteiger partial charge in [0.1, 0.15) is 0 Å². The van der Waals surface area contributed by atoms with Crippen LogP contribution in [0.5, 0.6) is 0 Å². The molecule has 0 aliphatic heterocycles. The van der Waals surface area contributed by atoms with Crippen LogP contribution in [0.4, 0.5) is 0 Å². The van der Waals surface area contributed by atoms with Gasteiger partial charge >= 0.3 is 0 Å². The molecule has 0 bridgehead atoms. The molecule has 5 nitrogen and oxygen atoms in total. The highest BCUT2D eigenvalue weighted by Crippen LogP contribution is 2.17. The highest BCUT2D eigenvalue weighted by molar-refractivity contribution is 6.31. The first-order valence-corrected chi connectivity index (χ1v) is 6.68. The fourth-order valence-corrected chi connectivity index (χ4v) is 2.10. The fourth-order valence-electron chi connectivity index (χ4n) is 1.95. The monoisotopic (exact) mass is 292 g/mol. The number of rotatable bonds is 4. The molecule has 0 aliphatic carbocycles. The Morgan fingerprint density at radius 1 is 1.45 bits per heavy atom. The van der Waals surface area contributed by atoms with Gasteiger partial charge in [0.05, 0.1) is 23.2 Å². The van der Waals surface area contributed by atoms with E-state index in [0.717, 1.165) is 16.8 Å². The summed E-state index contributed by atoms with van der Waals surface area (Å²) in [6.45, 7) is 4.33. The van der Waals surface area contributed by atoms with Crippen molar-refractivity contribution in [3.63, 3.8) is 0 Å². The van der Waals surface area contributed by atoms with Crippen molar-refractivity contribution in [3.8, 4) is 0 Å². The zero-order valence-electron chi connectivity index (χ0n) is 11.4. The SMILES string of the molecule is Cc1nn(Cc2ccc(C(C)C(=O)NN)cc2)cc1Cl. The summed E-state index contributed by atoms with van der Waals surface area (Å²) in [6, 6.07) is 7.79. The fraction of sp³-hybridized carbons (Fsp3) is 0.286. The number of amides is 1. The third kappa shape index (κ3) is 3.18. The zero-order valence-corrected chi connectivity index (χ0v) is 12.2. The van der Waals surface area contributed by atoms with Crippen molar-refractivity contribution in [2.45, 2.75) is 26.3 Å². The highest BCUT2D eigenvalue weighted by atomic mass is 35.5. The second kappa shape index (κ2) is 6.07. The summed E-state index contributed by atoms with van der Waals surface area (Å²) in [6.07, 6.45) is 1.80. The van der Waals surface area contributed by atoms with Crippen LogP contribution in [0.15, 0.2) is 30.5 Å². The number of halogens is 1. The Labute approximate surface area is 122 Å². The first-order chi connectivity index (χ1) is 9.51. The van der Waals surface area contributed by atoms with Crippen molar-refractivity contribution in [2.75, 3.05) is 0 Å². The molecule has 1 aromatic heterocycles. The summed E-state index contributed by atoms with van der Waals surface area (Å²) < 4.78 is 1.79. The van der Waals surface area contributed by atoms with E-state index in [-0.39, 0.29) is 11.8 Å². The molecule has 1 atom stereocenters. The summed E-state index contributed by atoms with van der Waals surface area (Å²) in [4.78, 5) is 11.5. The Morgan fingerprint density at radius 2 is 2.10 bits per heavy atom. The summed E-state index contributed by atoms with van der Waals surface area (Å²) in [7, 11) is 0. The van der Waals surface area contributed by atoms with Gasteiger partial charge in [-0.15, -0.1) is 0 Å². The van der Waals surface area contributed by atoms with Gasteiger partial charge in [-0.1, -0.05) is 35.9 Å². The van der Waals surface area contributed by atoms with E-state index in [1.165, 1.54) is 0 Å². The predicted octanol–water partition coefficient (Wildman–Crippen LogP) is 1.99. The van der Waals surface area contributed by atoms with Crippen LogP contribution in [-0.4, -0.2) is 15.7 Å². The van der Waals surface area contributed by atoms with Crippen LogP contribution in [0, 0.1) is 6.92 Å². The number of benzene rings is 1. The van der Waals surface area contributed by atoms with Crippen LogP contribution in [0.1, 0.15) is 29.7 Å². The molecule has 1 aromatic carbocycles. The molecule has 0 aliphatic rings. The van der Waals surface area contributed by atoms with E-state index in [4.69, 9.17) is 17.4 Å². The van der Waals surface area contributed by atoms with Gasteiger partial charge in [-0.05, 0) is 25.0 Å². The van der Waals surface area contributed by atoms with E-state index >= 15 is 0 Å². The van der Waals surface area contributed by atoms with Crippen LogP contribution < -0.4 is 11.3 Å². The molecule has 2 rings (SSSR count). The van der Waals surface area contributed by atoms with E-state index in [1.807, 2.05) is 38.1 Å². The number of carbonyl (C=O) groups excluding carboxylic acids is 1. The van der Waals surface area contributed by atoms with Gasteiger partial charge < -0.3 is 0 Å². The standard InChI is InChI=1S/C14H17ClN4O/c1-9(14(20)17-16)12-5-3-11(4-6-12)7-19-8-13(15)10(2)18-19/h3-6,8-9H,7,16H2,1-2H3,(H,17,20). The van der Waals surface area contributed by atoms with Crippen molar-refractivity contribution in [1.29, 1.82) is 0 Å². The van der Waals surface area contributed by atoms with E-state index < -0.39 is 0 Å². The summed E-state index contributed by atoms with van der Waals surface area (Å²) in [5, 5.41) is 4.97. The average molecular weight is 293 g/mol. The molecule has 0 radical (unpaired) electrons. The number of nitrogens with zero attached hydrogens (tertiary/aromatic N) is 2. The quantitative estimate of drug-likeness (QED) is 0.514. The molecule has 0 saturated heterocycles. The van der Waals surface area contributed by atoms with Crippen molar-refractivity contribution in [1.82, 2.24) is 15.2 Å². The van der Waals surface area contributed by atoms with Gasteiger partial charge in [-0.25, -0.2) is 5.84 Å². The third-order valence-electron chi connectivity index (χ3n) is 3.25. The molecular formula is C14H17ClN4O. The molecule has 6 heteroatoms. The van der Waals surface area contributed by atoms with Gasteiger partial charge in [0.25, 0.3) is 0 Å². The lowest BCUT2D eigenvalue weighted by Crippen LogP contribution is -2.33. The number of carbonyl (C=O) groups is 1. The highest BCUT2D eigenvalue weighted by Gasteiger charge is 2.13. The van der Waals surface area contributed by atoms with Crippen molar-refractivity contribution < 1.29 is 4.79 Å². The van der Waals surface area contributed by atoms with Crippen LogP contribution in [0.2, 0.25) is 5.02 Å². The normalized spacial score (nSPS) is 12.2. The largest absolute Gasteiger partial charge is 0.294 e. The van der Waals surface area contributed by atoms with Crippen LogP contribution in [0.25, 0.3) is 0 Å². The molecule has 3 N–H and O–H groups in total. The second-order valence-corrected chi connectivity index (χ2v) is 5.14. The van der Waals surface area contributed by atoms with Crippen molar-refractivity contribution in [3.05, 3.63) is 52.3 Å². The smallest absolute Gasteiger partial charge is 0.241 e. The first-order valence-electron chi connectivity index (χ1n) is 6.30. The summed E-state index contributed by atoms with van der Waals surface area (Å²) in [5.74, 6) is 4.67. The zero-order chi connectivity index (χ0) is 14.7. The van der Waals surface area contributed by atoms with Crippen LogP contribution in [-0.2, 0) is 11.3 Å². The lowest BCUT2D eigenvalue weighted by atomic mass is 9.99. The molecule has 1 heterocycles. The number of hydrazine groups is 1. The number of nitrogens with one attached hydrogen (secondary N) is 1. The van der Waals surface area contributed by atoms with E-state index in [1.54, 1.807) is 10.9 Å². The molecule has 0 fully saturated rings. The van der Waals surface area contributed by atoms with Gasteiger partial charge in [-0.3, -0.25) is 14.9 Å². The van der Waals surface area contributed by atoms with Gasteiger partial charge in [-0.2, -0.15) is 5.10 Å². The number of hydrogen-bond donors (Lipinski definition) is 2. The Bertz CT molecular complexity index is 587. The number of aromatic nitrogens is 2. The van der Waals surface area contributed by atoms with Gasteiger partial charge in [0.15, 0.2) is 0 Å². The van der Waals surface area contributed by atoms with Gasteiger partial charge in [0, 0.05) is 6.20 Å². The molecule has 1 unspecified atom stereocenters. The van der Waals surface area contributed by atoms with Gasteiger partial charge in [0.2, 0.25) is 5.91 Å². The minimum absolute atomic E-state index is 0.202. The molecule has 0 saturated carbocycles. The van der Waals surface area contributed by atoms with Crippen molar-refractivity contribution >= 4 is 17.5 Å². The maximum Gasteiger partial charge on any atom is 0.241 e. The number of aryl methyl sites for hydroxylation is 1. The van der Waals surface area contributed by atoms with E-state index in [0.29, 0.717) is 11.6 Å². The summed E-state index contributed by atoms with van der Waals surface area (Å²) >= 11 is 5.97. The maximum absolute atomic E-state index is 11.5. The molecule has 1 amide bonds. The molecule has 0 spiro atoms. The molecule has 2 aromatic rings. The van der Waals surface area contributed by atoms with Crippen LogP contribution >= 0.6 is 11.6 Å². The Hall–Kier alpha value is -1.85. The number of hydrogen-bond acceptors (Lipinski definition) is 3. The lowest BCUT2D eigenvalue weighted by molar-refractivity contribution is -0.122. The van der Waals surface area contributed by atoms with Crippen LogP contribution in [0.3, 0.4) is 0 Å². The van der Waals surface area contributed by atoms with Crippen molar-refractivity contribution in [2.24, 2.45) is 5.84 Å². The minimum Gasteiger partial charge on any atom is -0.294 e. The molecular weight excluding hydrogens is 276 g/mol. The lowest BCUT2D eigenvalue weighted by Gasteiger charge is -2.10. The second-order valence-electron chi connectivity index (χ2n) is 4.73. The molecule has 106 valence electrons. The Balaban J connectivity index is 2.10. The maximum atomic E-state index is 11.5. The minimum atomic E-state index is -0.268. The predicted molar refractivity (Wildman–Crippen MR) is 78.3 cm³/mol. The third-order valence-corrected chi connectivity index (χ3v) is 3.62. The molecule has 20 heavy (non-hydrogen) atoms. The van der Waals surface area contributed by atoms with E-state index in [9.17, 15) is 4.79 Å². The summed E-state index contributed by atoms with van der Waals surface area (Å²) in [5.41, 5.74) is 4.99. The Morgan fingerprint density at radius 3 is 2.60 bits per heavy atom. The number of nitrogens with two attached hydrogens (primary N) is 1. The average Bonchev–Trinajstić information content (AvgIpc) is 2.76. The Kier molecular flexibility index (Phi) is 4.42. The topological polar surface area (TPSA) is 72.9 Å². The first kappa shape index (κ1) is 14.6.